The Labute approximate surface area is 123 Å². The predicted molar refractivity (Wildman–Crippen MR) is 77.6 cm³/mol. The zero-order valence-corrected chi connectivity index (χ0v) is 11.9. The molecular formula is C15H19N5O. The summed E-state index contributed by atoms with van der Waals surface area (Å²) in [6.45, 7) is 0.358. The van der Waals surface area contributed by atoms with Gasteiger partial charge in [-0.15, -0.1) is 5.10 Å². The number of hydrogen-bond acceptors (Lipinski definition) is 4. The molecule has 0 radical (unpaired) electrons. The van der Waals surface area contributed by atoms with E-state index >= 15 is 0 Å². The number of carbonyl (C=O) groups excluding carboxylic acids is 1. The molecule has 1 saturated carbocycles. The van der Waals surface area contributed by atoms with E-state index in [2.05, 4.69) is 20.8 Å². The molecule has 110 valence electrons. The van der Waals surface area contributed by atoms with E-state index in [9.17, 15) is 4.79 Å². The van der Waals surface area contributed by atoms with E-state index in [0.717, 1.165) is 18.7 Å². The van der Waals surface area contributed by atoms with Crippen LogP contribution >= 0.6 is 0 Å². The summed E-state index contributed by atoms with van der Waals surface area (Å²) in [7, 11) is 0. The SMILES string of the molecule is O=C(NCc1nnnn1C1CCCCC1)c1ccccc1. The summed E-state index contributed by atoms with van der Waals surface area (Å²) in [6, 6.07) is 9.54. The van der Waals surface area contributed by atoms with Gasteiger partial charge in [0.25, 0.3) is 5.91 Å². The first-order valence-electron chi connectivity index (χ1n) is 7.44. The lowest BCUT2D eigenvalue weighted by Gasteiger charge is -2.22. The zero-order chi connectivity index (χ0) is 14.5. The van der Waals surface area contributed by atoms with E-state index in [1.807, 2.05) is 22.9 Å². The molecule has 6 heteroatoms. The molecule has 0 spiro atoms. The molecule has 3 rings (SSSR count). The summed E-state index contributed by atoms with van der Waals surface area (Å²) in [5.41, 5.74) is 0.647. The number of nitrogens with zero attached hydrogens (tertiary/aromatic N) is 4. The van der Waals surface area contributed by atoms with Crippen molar-refractivity contribution in [1.82, 2.24) is 25.5 Å². The number of nitrogens with one attached hydrogen (secondary N) is 1. The van der Waals surface area contributed by atoms with Crippen LogP contribution in [0.4, 0.5) is 0 Å². The maximum Gasteiger partial charge on any atom is 0.251 e. The molecule has 1 aliphatic rings. The van der Waals surface area contributed by atoms with Crippen molar-refractivity contribution in [2.45, 2.75) is 44.7 Å². The summed E-state index contributed by atoms with van der Waals surface area (Å²) in [5.74, 6) is 0.625. The van der Waals surface area contributed by atoms with Gasteiger partial charge >= 0.3 is 0 Å². The van der Waals surface area contributed by atoms with E-state index < -0.39 is 0 Å². The van der Waals surface area contributed by atoms with Gasteiger partial charge in [0, 0.05) is 5.56 Å². The Bertz CT molecular complexity index is 589. The minimum absolute atomic E-state index is 0.103. The van der Waals surface area contributed by atoms with Gasteiger partial charge in [0.1, 0.15) is 0 Å². The average molecular weight is 285 g/mol. The predicted octanol–water partition coefficient (Wildman–Crippen LogP) is 2.11. The second-order valence-corrected chi connectivity index (χ2v) is 5.38. The van der Waals surface area contributed by atoms with Crippen molar-refractivity contribution in [3.63, 3.8) is 0 Å². The summed E-state index contributed by atoms with van der Waals surface area (Å²) < 4.78 is 1.88. The van der Waals surface area contributed by atoms with Crippen molar-refractivity contribution in [2.75, 3.05) is 0 Å². The van der Waals surface area contributed by atoms with Gasteiger partial charge in [0.15, 0.2) is 5.82 Å². The Morgan fingerprint density at radius 1 is 1.19 bits per heavy atom. The molecule has 1 aliphatic carbocycles. The second kappa shape index (κ2) is 6.47. The third-order valence-electron chi connectivity index (χ3n) is 3.92. The Hall–Kier alpha value is -2.24. The molecule has 0 atom stereocenters. The van der Waals surface area contributed by atoms with Gasteiger partial charge in [-0.25, -0.2) is 4.68 Å². The molecule has 2 aromatic rings. The van der Waals surface area contributed by atoms with Crippen LogP contribution in [0.15, 0.2) is 30.3 Å². The lowest BCUT2D eigenvalue weighted by atomic mass is 9.95. The van der Waals surface area contributed by atoms with Crippen molar-refractivity contribution >= 4 is 5.91 Å². The van der Waals surface area contributed by atoms with Gasteiger partial charge in [-0.1, -0.05) is 37.5 Å². The van der Waals surface area contributed by atoms with Crippen LogP contribution in [0.5, 0.6) is 0 Å². The minimum Gasteiger partial charge on any atom is -0.345 e. The van der Waals surface area contributed by atoms with Crippen molar-refractivity contribution in [3.05, 3.63) is 41.7 Å². The molecule has 0 saturated heterocycles. The second-order valence-electron chi connectivity index (χ2n) is 5.38. The van der Waals surface area contributed by atoms with E-state index in [1.54, 1.807) is 12.1 Å². The fraction of sp³-hybridized carbons (Fsp3) is 0.467. The highest BCUT2D eigenvalue weighted by molar-refractivity contribution is 5.93. The third-order valence-corrected chi connectivity index (χ3v) is 3.92. The summed E-state index contributed by atoms with van der Waals surface area (Å²) in [4.78, 5) is 12.0. The highest BCUT2D eigenvalue weighted by Gasteiger charge is 2.20. The minimum atomic E-state index is -0.103. The summed E-state index contributed by atoms with van der Waals surface area (Å²) in [5, 5.41) is 14.8. The monoisotopic (exact) mass is 285 g/mol. The zero-order valence-electron chi connectivity index (χ0n) is 11.9. The van der Waals surface area contributed by atoms with E-state index in [4.69, 9.17) is 0 Å². The Balaban J connectivity index is 1.63. The topological polar surface area (TPSA) is 72.7 Å². The first kappa shape index (κ1) is 13.7. The van der Waals surface area contributed by atoms with Crippen LogP contribution in [-0.2, 0) is 6.54 Å². The van der Waals surface area contributed by atoms with Crippen LogP contribution < -0.4 is 5.32 Å². The Kier molecular flexibility index (Phi) is 4.23. The number of rotatable bonds is 4. The molecule has 1 fully saturated rings. The Morgan fingerprint density at radius 2 is 1.95 bits per heavy atom. The number of hydrogen-bond donors (Lipinski definition) is 1. The summed E-state index contributed by atoms with van der Waals surface area (Å²) in [6.07, 6.45) is 5.97. The first-order valence-corrected chi connectivity index (χ1v) is 7.44. The fourth-order valence-electron chi connectivity index (χ4n) is 2.79. The molecule has 6 nitrogen and oxygen atoms in total. The van der Waals surface area contributed by atoms with Crippen LogP contribution in [0.2, 0.25) is 0 Å². The lowest BCUT2D eigenvalue weighted by Crippen LogP contribution is -2.26. The molecule has 0 aliphatic heterocycles. The number of amides is 1. The maximum atomic E-state index is 12.0. The van der Waals surface area contributed by atoms with Gasteiger partial charge in [-0.3, -0.25) is 4.79 Å². The van der Waals surface area contributed by atoms with Gasteiger partial charge in [-0.05, 0) is 35.4 Å². The molecule has 1 N–H and O–H groups in total. The molecular weight excluding hydrogens is 266 g/mol. The first-order chi connectivity index (χ1) is 10.3. The maximum absolute atomic E-state index is 12.0. The highest BCUT2D eigenvalue weighted by atomic mass is 16.1. The molecule has 0 unspecified atom stereocenters. The van der Waals surface area contributed by atoms with Crippen LogP contribution in [-0.4, -0.2) is 26.1 Å². The van der Waals surface area contributed by atoms with Crippen molar-refractivity contribution in [1.29, 1.82) is 0 Å². The lowest BCUT2D eigenvalue weighted by molar-refractivity contribution is 0.0949. The normalized spacial score (nSPS) is 15.8. The molecule has 1 amide bonds. The Morgan fingerprint density at radius 3 is 2.71 bits per heavy atom. The highest BCUT2D eigenvalue weighted by Crippen LogP contribution is 2.27. The van der Waals surface area contributed by atoms with Gasteiger partial charge in [-0.2, -0.15) is 0 Å². The smallest absolute Gasteiger partial charge is 0.251 e. The van der Waals surface area contributed by atoms with E-state index in [0.29, 0.717) is 18.2 Å². The number of carbonyl (C=O) groups is 1. The summed E-state index contributed by atoms with van der Waals surface area (Å²) >= 11 is 0. The molecule has 1 heterocycles. The molecule has 21 heavy (non-hydrogen) atoms. The van der Waals surface area contributed by atoms with Gasteiger partial charge in [0.2, 0.25) is 0 Å². The third kappa shape index (κ3) is 3.26. The van der Waals surface area contributed by atoms with Crippen LogP contribution in [0.3, 0.4) is 0 Å². The fourth-order valence-corrected chi connectivity index (χ4v) is 2.79. The van der Waals surface area contributed by atoms with Crippen LogP contribution in [0.1, 0.15) is 54.3 Å². The van der Waals surface area contributed by atoms with Crippen molar-refractivity contribution < 1.29 is 4.79 Å². The standard InChI is InChI=1S/C15H19N5O/c21-15(12-7-3-1-4-8-12)16-11-14-17-18-19-20(14)13-9-5-2-6-10-13/h1,3-4,7-8,13H,2,5-6,9-11H2,(H,16,21). The number of tetrazole rings is 1. The van der Waals surface area contributed by atoms with E-state index in [-0.39, 0.29) is 5.91 Å². The molecule has 1 aromatic carbocycles. The quantitative estimate of drug-likeness (QED) is 0.933. The van der Waals surface area contributed by atoms with Gasteiger partial charge in [0.05, 0.1) is 12.6 Å². The van der Waals surface area contributed by atoms with Crippen LogP contribution in [0.25, 0.3) is 0 Å². The number of aromatic nitrogens is 4. The molecule has 0 bridgehead atoms. The van der Waals surface area contributed by atoms with Gasteiger partial charge < -0.3 is 5.32 Å². The van der Waals surface area contributed by atoms with Crippen molar-refractivity contribution in [3.8, 4) is 0 Å². The van der Waals surface area contributed by atoms with E-state index in [1.165, 1.54) is 19.3 Å². The van der Waals surface area contributed by atoms with Crippen LogP contribution in [0, 0.1) is 0 Å². The largest absolute Gasteiger partial charge is 0.345 e. The molecule has 1 aromatic heterocycles. The average Bonchev–Trinajstić information content (AvgIpc) is 3.03. The van der Waals surface area contributed by atoms with Crippen molar-refractivity contribution in [2.24, 2.45) is 0 Å². The number of benzene rings is 1.